The van der Waals surface area contributed by atoms with Gasteiger partial charge in [0.2, 0.25) is 5.91 Å². The molecule has 4 amide bonds. The summed E-state index contributed by atoms with van der Waals surface area (Å²) in [6.45, 7) is 5.57. The van der Waals surface area contributed by atoms with Crippen molar-refractivity contribution in [3.05, 3.63) is 26.6 Å². The molecule has 1 saturated heterocycles. The lowest BCUT2D eigenvalue weighted by Gasteiger charge is -2.25. The second-order valence-corrected chi connectivity index (χ2v) is 8.26. The summed E-state index contributed by atoms with van der Waals surface area (Å²) in [6.07, 6.45) is 2.68. The van der Waals surface area contributed by atoms with Gasteiger partial charge in [0.25, 0.3) is 5.91 Å². The van der Waals surface area contributed by atoms with Crippen LogP contribution in [0.1, 0.15) is 45.1 Å². The zero-order valence-electron chi connectivity index (χ0n) is 15.1. The molecule has 1 aliphatic heterocycles. The van der Waals surface area contributed by atoms with E-state index >= 15 is 0 Å². The van der Waals surface area contributed by atoms with E-state index in [1.807, 2.05) is 32.9 Å². The van der Waals surface area contributed by atoms with Gasteiger partial charge in [-0.25, -0.2) is 4.79 Å². The third-order valence-electron chi connectivity index (χ3n) is 4.35. The average molecular weight is 489 g/mol. The predicted molar refractivity (Wildman–Crippen MR) is 108 cm³/mol. The van der Waals surface area contributed by atoms with Crippen LogP contribution in [0.4, 0.5) is 10.5 Å². The van der Waals surface area contributed by atoms with Gasteiger partial charge in [0.05, 0.1) is 5.69 Å². The summed E-state index contributed by atoms with van der Waals surface area (Å²) in [6, 6.07) is 3.25. The number of hydrogen-bond acceptors (Lipinski definition) is 3. The van der Waals surface area contributed by atoms with Crippen molar-refractivity contribution in [2.24, 2.45) is 0 Å². The summed E-state index contributed by atoms with van der Waals surface area (Å²) in [5.74, 6) is -0.745. The number of amides is 4. The van der Waals surface area contributed by atoms with Gasteiger partial charge < -0.3 is 10.6 Å². The second kappa shape index (κ2) is 8.52. The van der Waals surface area contributed by atoms with Crippen molar-refractivity contribution in [3.63, 3.8) is 0 Å². The van der Waals surface area contributed by atoms with Crippen LogP contribution >= 0.6 is 31.9 Å². The number of imide groups is 1. The predicted octanol–water partition coefficient (Wildman–Crippen LogP) is 4.35. The smallest absolute Gasteiger partial charge is 0.323 e. The van der Waals surface area contributed by atoms with Crippen molar-refractivity contribution in [3.8, 4) is 0 Å². The number of aryl methyl sites for hydroxylation is 1. The van der Waals surface area contributed by atoms with E-state index in [4.69, 9.17) is 0 Å². The molecule has 1 aromatic carbocycles. The van der Waals surface area contributed by atoms with Gasteiger partial charge in [0, 0.05) is 8.95 Å². The maximum Gasteiger partial charge on any atom is 0.325 e. The summed E-state index contributed by atoms with van der Waals surface area (Å²) in [4.78, 5) is 38.6. The van der Waals surface area contributed by atoms with Crippen LogP contribution in [-0.4, -0.2) is 34.8 Å². The largest absolute Gasteiger partial charge is 0.325 e. The highest BCUT2D eigenvalue weighted by molar-refractivity contribution is 9.11. The van der Waals surface area contributed by atoms with Crippen LogP contribution in [0, 0.1) is 6.92 Å². The number of benzene rings is 1. The Bertz CT molecular complexity index is 707. The quantitative estimate of drug-likeness (QED) is 0.560. The summed E-state index contributed by atoms with van der Waals surface area (Å²) in [5.41, 5.74) is 0.715. The summed E-state index contributed by atoms with van der Waals surface area (Å²) in [5, 5.41) is 5.57. The SMILES string of the molecule is CCCC1(CCC)NC(=O)N(CC(=O)Nc2c(Br)cc(C)cc2Br)C1=O. The molecule has 1 aromatic rings. The van der Waals surface area contributed by atoms with Crippen LogP contribution in [0.3, 0.4) is 0 Å². The molecule has 142 valence electrons. The van der Waals surface area contributed by atoms with Gasteiger partial charge in [-0.05, 0) is 69.3 Å². The van der Waals surface area contributed by atoms with Crippen LogP contribution in [-0.2, 0) is 9.59 Å². The number of nitrogens with one attached hydrogen (secondary N) is 2. The fourth-order valence-corrected chi connectivity index (χ4v) is 4.89. The summed E-state index contributed by atoms with van der Waals surface area (Å²) < 4.78 is 1.45. The Balaban J connectivity index is 2.14. The number of halogens is 2. The molecule has 0 atom stereocenters. The Kier molecular flexibility index (Phi) is 6.85. The molecule has 0 saturated carbocycles. The molecule has 26 heavy (non-hydrogen) atoms. The first-order valence-electron chi connectivity index (χ1n) is 8.63. The minimum Gasteiger partial charge on any atom is -0.323 e. The Morgan fingerprint density at radius 1 is 1.15 bits per heavy atom. The Morgan fingerprint density at radius 3 is 2.19 bits per heavy atom. The number of urea groups is 1. The molecule has 2 N–H and O–H groups in total. The number of hydrogen-bond donors (Lipinski definition) is 2. The Labute approximate surface area is 170 Å². The van der Waals surface area contributed by atoms with E-state index in [2.05, 4.69) is 42.5 Å². The molecule has 0 aliphatic carbocycles. The van der Waals surface area contributed by atoms with E-state index in [0.29, 0.717) is 18.5 Å². The first-order valence-corrected chi connectivity index (χ1v) is 10.2. The molecular weight excluding hydrogens is 466 g/mol. The average Bonchev–Trinajstić information content (AvgIpc) is 2.76. The first-order chi connectivity index (χ1) is 12.2. The minimum absolute atomic E-state index is 0.313. The van der Waals surface area contributed by atoms with E-state index in [-0.39, 0.29) is 12.5 Å². The van der Waals surface area contributed by atoms with Crippen LogP contribution in [0.2, 0.25) is 0 Å². The van der Waals surface area contributed by atoms with Crippen molar-refractivity contribution in [1.29, 1.82) is 0 Å². The van der Waals surface area contributed by atoms with Gasteiger partial charge >= 0.3 is 6.03 Å². The third kappa shape index (κ3) is 4.28. The van der Waals surface area contributed by atoms with Crippen molar-refractivity contribution >= 4 is 55.4 Å². The van der Waals surface area contributed by atoms with Crippen LogP contribution in [0.5, 0.6) is 0 Å². The van der Waals surface area contributed by atoms with Gasteiger partial charge in [-0.3, -0.25) is 14.5 Å². The molecule has 0 aromatic heterocycles. The summed E-state index contributed by atoms with van der Waals surface area (Å²) >= 11 is 6.83. The zero-order chi connectivity index (χ0) is 19.5. The van der Waals surface area contributed by atoms with E-state index < -0.39 is 17.5 Å². The van der Waals surface area contributed by atoms with Crippen molar-refractivity contribution in [1.82, 2.24) is 10.2 Å². The fraction of sp³-hybridized carbons (Fsp3) is 0.500. The maximum atomic E-state index is 12.8. The molecule has 0 spiro atoms. The molecule has 2 rings (SSSR count). The lowest BCUT2D eigenvalue weighted by molar-refractivity contribution is -0.134. The van der Waals surface area contributed by atoms with Crippen molar-refractivity contribution in [2.75, 3.05) is 11.9 Å². The van der Waals surface area contributed by atoms with Crippen LogP contribution < -0.4 is 10.6 Å². The van der Waals surface area contributed by atoms with E-state index in [0.717, 1.165) is 32.3 Å². The fourth-order valence-electron chi connectivity index (χ4n) is 3.28. The standard InChI is InChI=1S/C18H23Br2N3O3/c1-4-6-18(7-5-2)16(25)23(17(26)22-18)10-14(24)21-15-12(19)8-11(3)9-13(15)20/h8-9H,4-7,10H2,1-3H3,(H,21,24)(H,22,26). The topological polar surface area (TPSA) is 78.5 Å². The molecule has 1 fully saturated rings. The number of nitrogens with zero attached hydrogens (tertiary/aromatic N) is 1. The van der Waals surface area contributed by atoms with Gasteiger partial charge in [-0.1, -0.05) is 26.7 Å². The molecule has 8 heteroatoms. The number of carbonyl (C=O) groups excluding carboxylic acids is 3. The minimum atomic E-state index is -0.883. The highest BCUT2D eigenvalue weighted by atomic mass is 79.9. The normalized spacial score (nSPS) is 16.0. The maximum absolute atomic E-state index is 12.8. The van der Waals surface area contributed by atoms with Gasteiger partial charge in [-0.15, -0.1) is 0 Å². The highest BCUT2D eigenvalue weighted by Crippen LogP contribution is 2.33. The Hall–Kier alpha value is -1.41. The molecule has 1 aliphatic rings. The van der Waals surface area contributed by atoms with E-state index in [1.54, 1.807) is 0 Å². The number of anilines is 1. The third-order valence-corrected chi connectivity index (χ3v) is 5.60. The van der Waals surface area contributed by atoms with Crippen LogP contribution in [0.25, 0.3) is 0 Å². The van der Waals surface area contributed by atoms with Gasteiger partial charge in [0.15, 0.2) is 0 Å². The molecule has 0 radical (unpaired) electrons. The Morgan fingerprint density at radius 2 is 1.69 bits per heavy atom. The van der Waals surface area contributed by atoms with Gasteiger partial charge in [-0.2, -0.15) is 0 Å². The van der Waals surface area contributed by atoms with E-state index in [9.17, 15) is 14.4 Å². The lowest BCUT2D eigenvalue weighted by atomic mass is 9.88. The van der Waals surface area contributed by atoms with Crippen molar-refractivity contribution < 1.29 is 14.4 Å². The molecule has 6 nitrogen and oxygen atoms in total. The monoisotopic (exact) mass is 487 g/mol. The molecule has 1 heterocycles. The molecule has 0 unspecified atom stereocenters. The highest BCUT2D eigenvalue weighted by Gasteiger charge is 2.50. The first kappa shape index (κ1) is 20.9. The second-order valence-electron chi connectivity index (χ2n) is 6.56. The van der Waals surface area contributed by atoms with Crippen molar-refractivity contribution in [2.45, 2.75) is 52.0 Å². The summed E-state index contributed by atoms with van der Waals surface area (Å²) in [7, 11) is 0. The van der Waals surface area contributed by atoms with Crippen LogP contribution in [0.15, 0.2) is 21.1 Å². The van der Waals surface area contributed by atoms with Gasteiger partial charge in [0.1, 0.15) is 12.1 Å². The van der Waals surface area contributed by atoms with E-state index in [1.165, 1.54) is 0 Å². The number of carbonyl (C=O) groups is 3. The zero-order valence-corrected chi connectivity index (χ0v) is 18.3. The lowest BCUT2D eigenvalue weighted by Crippen LogP contribution is -2.47. The molecular formula is C18H23Br2N3O3. The molecule has 0 bridgehead atoms. The number of rotatable bonds is 7.